The lowest BCUT2D eigenvalue weighted by Crippen LogP contribution is -2.43. The van der Waals surface area contributed by atoms with E-state index in [0.29, 0.717) is 6.04 Å². The van der Waals surface area contributed by atoms with Crippen molar-refractivity contribution in [2.45, 2.75) is 76.8 Å². The molecule has 0 spiro atoms. The van der Waals surface area contributed by atoms with Crippen molar-refractivity contribution in [3.8, 4) is 0 Å². The first-order valence-corrected chi connectivity index (χ1v) is 6.73. The first-order valence-electron chi connectivity index (χ1n) is 6.73. The van der Waals surface area contributed by atoms with Gasteiger partial charge in [-0.1, -0.05) is 45.4 Å². The molecule has 0 aromatic heterocycles. The van der Waals surface area contributed by atoms with Crippen molar-refractivity contribution in [2.75, 3.05) is 0 Å². The standard InChI is InChI=1S/C13H25NO2/c1-2-3-10-12(13(15)16)14-11-8-6-4-5-7-9-11/h11-12,14H,2-10H2,1H3,(H,15,16). The van der Waals surface area contributed by atoms with Gasteiger partial charge in [-0.15, -0.1) is 0 Å². The van der Waals surface area contributed by atoms with E-state index in [-0.39, 0.29) is 6.04 Å². The summed E-state index contributed by atoms with van der Waals surface area (Å²) >= 11 is 0. The molecule has 1 unspecified atom stereocenters. The van der Waals surface area contributed by atoms with Gasteiger partial charge in [0.15, 0.2) is 0 Å². The molecule has 0 aliphatic heterocycles. The molecule has 0 bridgehead atoms. The normalized spacial score (nSPS) is 20.3. The Morgan fingerprint density at radius 3 is 2.44 bits per heavy atom. The van der Waals surface area contributed by atoms with Gasteiger partial charge in [0.2, 0.25) is 0 Å². The SMILES string of the molecule is CCCCC(NC1CCCCCC1)C(=O)O. The van der Waals surface area contributed by atoms with Gasteiger partial charge < -0.3 is 10.4 Å². The van der Waals surface area contributed by atoms with E-state index >= 15 is 0 Å². The third-order valence-electron chi connectivity index (χ3n) is 3.44. The van der Waals surface area contributed by atoms with Gasteiger partial charge in [-0.25, -0.2) is 0 Å². The molecule has 1 aliphatic rings. The maximum absolute atomic E-state index is 11.1. The molecular formula is C13H25NO2. The highest BCUT2D eigenvalue weighted by Crippen LogP contribution is 2.18. The van der Waals surface area contributed by atoms with Gasteiger partial charge in [0.05, 0.1) is 0 Å². The third-order valence-corrected chi connectivity index (χ3v) is 3.44. The second kappa shape index (κ2) is 7.66. The van der Waals surface area contributed by atoms with Crippen LogP contribution in [0.25, 0.3) is 0 Å². The van der Waals surface area contributed by atoms with Crippen molar-refractivity contribution in [2.24, 2.45) is 0 Å². The van der Waals surface area contributed by atoms with Crippen LogP contribution in [-0.4, -0.2) is 23.2 Å². The zero-order chi connectivity index (χ0) is 11.8. The molecule has 3 heteroatoms. The van der Waals surface area contributed by atoms with E-state index < -0.39 is 5.97 Å². The van der Waals surface area contributed by atoms with Gasteiger partial charge >= 0.3 is 5.97 Å². The summed E-state index contributed by atoms with van der Waals surface area (Å²) in [5, 5.41) is 12.5. The summed E-state index contributed by atoms with van der Waals surface area (Å²) < 4.78 is 0. The fourth-order valence-electron chi connectivity index (χ4n) is 2.42. The molecule has 1 rings (SSSR count). The largest absolute Gasteiger partial charge is 0.480 e. The lowest BCUT2D eigenvalue weighted by Gasteiger charge is -2.21. The first kappa shape index (κ1) is 13.5. The van der Waals surface area contributed by atoms with Crippen LogP contribution in [0.2, 0.25) is 0 Å². The molecule has 0 heterocycles. The van der Waals surface area contributed by atoms with Gasteiger partial charge in [0.25, 0.3) is 0 Å². The molecule has 0 amide bonds. The van der Waals surface area contributed by atoms with Crippen LogP contribution < -0.4 is 5.32 Å². The molecule has 0 saturated heterocycles. The summed E-state index contributed by atoms with van der Waals surface area (Å²) in [4.78, 5) is 11.1. The first-order chi connectivity index (χ1) is 7.74. The Morgan fingerprint density at radius 1 is 1.31 bits per heavy atom. The molecular weight excluding hydrogens is 202 g/mol. The van der Waals surface area contributed by atoms with Crippen LogP contribution in [0.3, 0.4) is 0 Å². The smallest absolute Gasteiger partial charge is 0.320 e. The minimum absolute atomic E-state index is 0.331. The number of carbonyl (C=O) groups is 1. The average Bonchev–Trinajstić information content (AvgIpc) is 2.52. The molecule has 1 fully saturated rings. The summed E-state index contributed by atoms with van der Waals surface area (Å²) in [6.45, 7) is 2.10. The van der Waals surface area contributed by atoms with E-state index in [1.807, 2.05) is 0 Å². The maximum Gasteiger partial charge on any atom is 0.320 e. The molecule has 1 saturated carbocycles. The second-order valence-corrected chi connectivity index (χ2v) is 4.89. The summed E-state index contributed by atoms with van der Waals surface area (Å²) in [5.41, 5.74) is 0. The Kier molecular flexibility index (Phi) is 6.46. The third kappa shape index (κ3) is 4.97. The molecule has 0 aromatic rings. The topological polar surface area (TPSA) is 49.3 Å². The number of carboxylic acids is 1. The number of nitrogens with one attached hydrogen (secondary N) is 1. The Labute approximate surface area is 98.6 Å². The van der Waals surface area contributed by atoms with Crippen LogP contribution >= 0.6 is 0 Å². The maximum atomic E-state index is 11.1. The van der Waals surface area contributed by atoms with E-state index in [9.17, 15) is 4.79 Å². The fourth-order valence-corrected chi connectivity index (χ4v) is 2.42. The highest BCUT2D eigenvalue weighted by atomic mass is 16.4. The van der Waals surface area contributed by atoms with Crippen molar-refractivity contribution >= 4 is 5.97 Å². The quantitative estimate of drug-likeness (QED) is 0.686. The Hall–Kier alpha value is -0.570. The fraction of sp³-hybridized carbons (Fsp3) is 0.923. The summed E-state index contributed by atoms with van der Waals surface area (Å²) in [6, 6.07) is 0.100. The van der Waals surface area contributed by atoms with Crippen LogP contribution in [0.4, 0.5) is 0 Å². The predicted octanol–water partition coefficient (Wildman–Crippen LogP) is 2.94. The van der Waals surface area contributed by atoms with Crippen molar-refractivity contribution in [3.05, 3.63) is 0 Å². The van der Waals surface area contributed by atoms with Crippen LogP contribution in [0.1, 0.15) is 64.7 Å². The van der Waals surface area contributed by atoms with Crippen molar-refractivity contribution < 1.29 is 9.90 Å². The predicted molar refractivity (Wildman–Crippen MR) is 65.6 cm³/mol. The lowest BCUT2D eigenvalue weighted by molar-refractivity contribution is -0.140. The Morgan fingerprint density at radius 2 is 1.94 bits per heavy atom. The van der Waals surface area contributed by atoms with E-state index in [1.165, 1.54) is 25.7 Å². The number of hydrogen-bond donors (Lipinski definition) is 2. The minimum atomic E-state index is -0.683. The number of hydrogen-bond acceptors (Lipinski definition) is 2. The molecule has 94 valence electrons. The van der Waals surface area contributed by atoms with E-state index in [1.54, 1.807) is 0 Å². The minimum Gasteiger partial charge on any atom is -0.480 e. The van der Waals surface area contributed by atoms with Crippen molar-refractivity contribution in [3.63, 3.8) is 0 Å². The highest BCUT2D eigenvalue weighted by molar-refractivity contribution is 5.73. The van der Waals surface area contributed by atoms with E-state index in [4.69, 9.17) is 5.11 Å². The van der Waals surface area contributed by atoms with Gasteiger partial charge in [0, 0.05) is 6.04 Å². The molecule has 0 aromatic carbocycles. The number of unbranched alkanes of at least 4 members (excludes halogenated alkanes) is 1. The molecule has 3 nitrogen and oxygen atoms in total. The Balaban J connectivity index is 2.36. The second-order valence-electron chi connectivity index (χ2n) is 4.89. The zero-order valence-corrected chi connectivity index (χ0v) is 10.4. The number of carboxylic acid groups (broad SMARTS) is 1. The van der Waals surface area contributed by atoms with Crippen LogP contribution in [-0.2, 0) is 4.79 Å². The van der Waals surface area contributed by atoms with Crippen molar-refractivity contribution in [1.29, 1.82) is 0 Å². The molecule has 0 radical (unpaired) electrons. The molecule has 1 aliphatic carbocycles. The van der Waals surface area contributed by atoms with Gasteiger partial charge in [-0.3, -0.25) is 4.79 Å². The zero-order valence-electron chi connectivity index (χ0n) is 10.4. The van der Waals surface area contributed by atoms with Crippen LogP contribution in [0, 0.1) is 0 Å². The van der Waals surface area contributed by atoms with Crippen LogP contribution in [0.5, 0.6) is 0 Å². The molecule has 16 heavy (non-hydrogen) atoms. The Bertz CT molecular complexity index is 198. The van der Waals surface area contributed by atoms with Gasteiger partial charge in [0.1, 0.15) is 6.04 Å². The lowest BCUT2D eigenvalue weighted by atomic mass is 10.0. The summed E-state index contributed by atoms with van der Waals surface area (Å²) in [6.07, 6.45) is 10.2. The molecule has 1 atom stereocenters. The van der Waals surface area contributed by atoms with E-state index in [2.05, 4.69) is 12.2 Å². The average molecular weight is 227 g/mol. The van der Waals surface area contributed by atoms with E-state index in [0.717, 1.165) is 32.1 Å². The molecule has 2 N–H and O–H groups in total. The number of rotatable bonds is 6. The summed E-state index contributed by atoms with van der Waals surface area (Å²) in [7, 11) is 0. The van der Waals surface area contributed by atoms with Crippen molar-refractivity contribution in [1.82, 2.24) is 5.32 Å². The monoisotopic (exact) mass is 227 g/mol. The van der Waals surface area contributed by atoms with Crippen LogP contribution in [0.15, 0.2) is 0 Å². The number of aliphatic carboxylic acids is 1. The van der Waals surface area contributed by atoms with Gasteiger partial charge in [-0.05, 0) is 19.3 Å². The highest BCUT2D eigenvalue weighted by Gasteiger charge is 2.21. The summed E-state index contributed by atoms with van der Waals surface area (Å²) in [5.74, 6) is -0.683. The van der Waals surface area contributed by atoms with Gasteiger partial charge in [-0.2, -0.15) is 0 Å².